The van der Waals surface area contributed by atoms with Crippen LogP contribution in [0.5, 0.6) is 0 Å². The average Bonchev–Trinajstić information content (AvgIpc) is 2.33. The van der Waals surface area contributed by atoms with Crippen molar-refractivity contribution in [2.24, 2.45) is 0 Å². The van der Waals surface area contributed by atoms with Crippen molar-refractivity contribution in [3.8, 4) is 0 Å². The van der Waals surface area contributed by atoms with Crippen molar-refractivity contribution < 1.29 is 48.3 Å². The predicted octanol–water partition coefficient (Wildman–Crippen LogP) is -3.33. The van der Waals surface area contributed by atoms with Gasteiger partial charge in [-0.2, -0.15) is 0 Å². The van der Waals surface area contributed by atoms with Gasteiger partial charge in [-0.05, 0) is 0 Å². The van der Waals surface area contributed by atoms with E-state index < -0.39 is 46.5 Å². The summed E-state index contributed by atoms with van der Waals surface area (Å²) in [6.45, 7) is 0. The SMILES string of the molecule is [Hf+3][CH2]c1ccccc1.[O]=[Al][O-].[O]=[Al][O-].[O]=[Al][O-]. The molecule has 0 aliphatic heterocycles. The molecule has 0 spiro atoms. The Balaban J connectivity index is -0.000000184. The van der Waals surface area contributed by atoms with Crippen molar-refractivity contribution in [2.75, 3.05) is 0 Å². The van der Waals surface area contributed by atoms with Gasteiger partial charge in [0.15, 0.2) is 0 Å². The van der Waals surface area contributed by atoms with Crippen molar-refractivity contribution in [1.82, 2.24) is 0 Å². The van der Waals surface area contributed by atoms with Crippen molar-refractivity contribution >= 4 is 46.5 Å². The summed E-state index contributed by atoms with van der Waals surface area (Å²) < 4.78 is 52.0. The first kappa shape index (κ1) is 22.6. The van der Waals surface area contributed by atoms with E-state index >= 15 is 0 Å². The minimum absolute atomic E-state index is 1.28. The molecule has 0 saturated heterocycles. The fourth-order valence-corrected chi connectivity index (χ4v) is 1.44. The van der Waals surface area contributed by atoms with E-state index in [1.54, 1.807) is 0 Å². The molecular weight excluding hydrogens is 440 g/mol. The molecule has 0 unspecified atom stereocenters. The molecule has 0 heterocycles. The Labute approximate surface area is 133 Å². The Morgan fingerprint density at radius 3 is 1.35 bits per heavy atom. The Morgan fingerprint density at radius 1 is 0.882 bits per heavy atom. The third-order valence-electron chi connectivity index (χ3n) is 1.05. The van der Waals surface area contributed by atoms with Crippen LogP contribution < -0.4 is 12.5 Å². The van der Waals surface area contributed by atoms with Crippen LogP contribution >= 0.6 is 0 Å². The monoisotopic (exact) mass is 448 g/mol. The number of hydrogen-bond acceptors (Lipinski definition) is 6. The molecule has 0 fully saturated rings. The molecule has 0 amide bonds. The van der Waals surface area contributed by atoms with E-state index in [0.29, 0.717) is 0 Å². The van der Waals surface area contributed by atoms with Crippen LogP contribution in [0.25, 0.3) is 0 Å². The quantitative estimate of drug-likeness (QED) is 0.416. The van der Waals surface area contributed by atoms with Gasteiger partial charge in [0.25, 0.3) is 0 Å². The van der Waals surface area contributed by atoms with Crippen LogP contribution in [0, 0.1) is 0 Å². The third kappa shape index (κ3) is 31.5. The molecule has 6 nitrogen and oxygen atoms in total. The van der Waals surface area contributed by atoms with E-state index in [1.807, 2.05) is 0 Å². The van der Waals surface area contributed by atoms with Crippen LogP contribution in [0.2, 0.25) is 0 Å². The molecule has 0 saturated carbocycles. The minimum atomic E-state index is -1.75. The second kappa shape index (κ2) is 25.4. The van der Waals surface area contributed by atoms with Crippen LogP contribution in [0.15, 0.2) is 30.3 Å². The van der Waals surface area contributed by atoms with Gasteiger partial charge in [-0.3, -0.25) is 0 Å². The van der Waals surface area contributed by atoms with Gasteiger partial charge < -0.3 is 0 Å². The van der Waals surface area contributed by atoms with E-state index in [1.165, 1.54) is 34.1 Å². The molecule has 0 radical (unpaired) electrons. The zero-order valence-electron chi connectivity index (χ0n) is 8.78. The zero-order chi connectivity index (χ0) is 13.9. The van der Waals surface area contributed by atoms with Gasteiger partial charge in [-0.15, -0.1) is 0 Å². The Morgan fingerprint density at radius 2 is 1.18 bits per heavy atom. The van der Waals surface area contributed by atoms with E-state index in [9.17, 15) is 0 Å². The van der Waals surface area contributed by atoms with Gasteiger partial charge in [0.1, 0.15) is 0 Å². The second-order valence-electron chi connectivity index (χ2n) is 1.95. The van der Waals surface area contributed by atoms with Crippen molar-refractivity contribution in [3.63, 3.8) is 0 Å². The van der Waals surface area contributed by atoms with Crippen LogP contribution in [0.1, 0.15) is 5.56 Å². The van der Waals surface area contributed by atoms with Gasteiger partial charge in [0.05, 0.1) is 0 Å². The predicted molar refractivity (Wildman–Crippen MR) is 49.5 cm³/mol. The maximum atomic E-state index is 8.46. The number of benzene rings is 1. The summed E-state index contributed by atoms with van der Waals surface area (Å²) in [4.78, 5) is 0. The summed E-state index contributed by atoms with van der Waals surface area (Å²) in [5.41, 5.74) is 1.47. The fourth-order valence-electron chi connectivity index (χ4n) is 0.596. The van der Waals surface area contributed by atoms with Gasteiger partial charge in [0, 0.05) is 0 Å². The number of rotatable bonds is 1. The fraction of sp³-hybridized carbons (Fsp3) is 0.143. The third-order valence-corrected chi connectivity index (χ3v) is 2.51. The summed E-state index contributed by atoms with van der Waals surface area (Å²) in [5, 5.41) is 0. The molecule has 10 heteroatoms. The van der Waals surface area contributed by atoms with Crippen LogP contribution in [-0.4, -0.2) is 46.5 Å². The van der Waals surface area contributed by atoms with Crippen molar-refractivity contribution in [1.29, 1.82) is 0 Å². The molecule has 0 atom stereocenters. The van der Waals surface area contributed by atoms with Gasteiger partial charge in [-0.25, -0.2) is 0 Å². The first-order valence-electron chi connectivity index (χ1n) is 4.03. The van der Waals surface area contributed by atoms with E-state index in [2.05, 4.69) is 30.3 Å². The standard InChI is InChI=1S/C7H7.3Al.Hf.6O/c1-7-5-3-2-4-6-7;;;;;;;;;;/h2-6H,1H2;;;;;;;;;;/q;;;;+3;;;;3*-1. The van der Waals surface area contributed by atoms with Crippen LogP contribution in [-0.2, 0) is 40.0 Å². The molecule has 0 N–H and O–H groups in total. The molecular formula is C7H7Al3HfO6. The topological polar surface area (TPSA) is 120 Å². The molecule has 1 aromatic carbocycles. The van der Waals surface area contributed by atoms with E-state index in [4.69, 9.17) is 23.9 Å². The average molecular weight is 447 g/mol. The van der Waals surface area contributed by atoms with Crippen molar-refractivity contribution in [3.05, 3.63) is 35.9 Å². The molecule has 0 aliphatic carbocycles. The summed E-state index contributed by atoms with van der Waals surface area (Å²) in [6.07, 6.45) is 0. The molecule has 0 bridgehead atoms. The Bertz CT molecular complexity index is 259. The summed E-state index contributed by atoms with van der Waals surface area (Å²) in [7, 11) is 0. The Hall–Kier alpha value is 0.488. The molecule has 84 valence electrons. The molecule has 17 heavy (non-hydrogen) atoms. The molecule has 1 rings (SSSR count). The van der Waals surface area contributed by atoms with Gasteiger partial charge in [0.2, 0.25) is 0 Å². The maximum absolute atomic E-state index is 8.46. The van der Waals surface area contributed by atoms with Crippen LogP contribution in [0.4, 0.5) is 0 Å². The van der Waals surface area contributed by atoms with E-state index in [-0.39, 0.29) is 0 Å². The molecule has 1 aromatic rings. The zero-order valence-corrected chi connectivity index (χ0v) is 15.8. The summed E-state index contributed by atoms with van der Waals surface area (Å²) in [6, 6.07) is 10.6. The normalized spacial score (nSPS) is 5.76. The molecule has 0 aliphatic rings. The second-order valence-corrected chi connectivity index (χ2v) is 3.80. The first-order valence-corrected chi connectivity index (χ1v) is 9.40. The number of hydrogen-bond donors (Lipinski definition) is 0. The van der Waals surface area contributed by atoms with Gasteiger partial charge >= 0.3 is 135 Å². The van der Waals surface area contributed by atoms with Crippen LogP contribution in [0.3, 0.4) is 0 Å². The summed E-state index contributed by atoms with van der Waals surface area (Å²) >= 11 is -3.97. The summed E-state index contributed by atoms with van der Waals surface area (Å²) in [5.74, 6) is 0. The molecule has 0 aromatic heterocycles. The van der Waals surface area contributed by atoms with Gasteiger partial charge in [-0.1, -0.05) is 0 Å². The first-order chi connectivity index (χ1) is 8.17. The van der Waals surface area contributed by atoms with Crippen molar-refractivity contribution in [2.45, 2.75) is 4.18 Å². The van der Waals surface area contributed by atoms with E-state index in [0.717, 1.165) is 0 Å². The Kier molecular flexibility index (Phi) is 33.8.